The van der Waals surface area contributed by atoms with Crippen LogP contribution in [0.25, 0.3) is 6.08 Å². The van der Waals surface area contributed by atoms with Crippen molar-refractivity contribution in [3.8, 4) is 5.75 Å². The Morgan fingerprint density at radius 3 is 2.67 bits per heavy atom. The van der Waals surface area contributed by atoms with Crippen LogP contribution < -0.4 is 0 Å². The molecule has 0 aliphatic rings. The molecule has 0 aliphatic heterocycles. The van der Waals surface area contributed by atoms with Crippen LogP contribution in [0.2, 0.25) is 10.0 Å². The molecule has 0 radical (unpaired) electrons. The Labute approximate surface area is 96.9 Å². The van der Waals surface area contributed by atoms with E-state index in [4.69, 9.17) is 23.2 Å². The summed E-state index contributed by atoms with van der Waals surface area (Å²) >= 11 is 11.5. The number of halogens is 2. The Morgan fingerprint density at radius 1 is 1.40 bits per heavy atom. The molecule has 5 heteroatoms. The number of methoxy groups -OCH3 is 1. The Hall–Kier alpha value is -1.19. The van der Waals surface area contributed by atoms with E-state index in [0.717, 1.165) is 0 Å². The molecule has 0 amide bonds. The number of phenols is 1. The van der Waals surface area contributed by atoms with E-state index in [-0.39, 0.29) is 15.8 Å². The van der Waals surface area contributed by atoms with E-state index < -0.39 is 5.97 Å². The van der Waals surface area contributed by atoms with Crippen LogP contribution in [0, 0.1) is 0 Å². The van der Waals surface area contributed by atoms with Gasteiger partial charge in [-0.1, -0.05) is 23.2 Å². The number of hydrogen-bond acceptors (Lipinski definition) is 3. The molecule has 0 unspecified atom stereocenters. The lowest BCUT2D eigenvalue weighted by Gasteiger charge is -2.02. The van der Waals surface area contributed by atoms with Crippen LogP contribution >= 0.6 is 23.2 Å². The topological polar surface area (TPSA) is 46.5 Å². The summed E-state index contributed by atoms with van der Waals surface area (Å²) in [4.78, 5) is 10.8. The second kappa shape index (κ2) is 5.05. The molecule has 80 valence electrons. The minimum Gasteiger partial charge on any atom is -0.506 e. The number of carbonyl (C=O) groups is 1. The van der Waals surface area contributed by atoms with Gasteiger partial charge in [0.05, 0.1) is 12.1 Å². The van der Waals surface area contributed by atoms with Gasteiger partial charge in [0.15, 0.2) is 0 Å². The Bertz CT molecular complexity index is 413. The van der Waals surface area contributed by atoms with Crippen LogP contribution in [0.4, 0.5) is 0 Å². The van der Waals surface area contributed by atoms with Gasteiger partial charge in [-0.05, 0) is 23.8 Å². The highest BCUT2D eigenvalue weighted by atomic mass is 35.5. The zero-order valence-electron chi connectivity index (χ0n) is 7.83. The summed E-state index contributed by atoms with van der Waals surface area (Å²) < 4.78 is 4.41. The zero-order valence-corrected chi connectivity index (χ0v) is 9.34. The van der Waals surface area contributed by atoms with Gasteiger partial charge in [-0.15, -0.1) is 0 Å². The number of hydrogen-bond donors (Lipinski definition) is 1. The maximum absolute atomic E-state index is 10.8. The molecule has 0 fully saturated rings. The predicted molar refractivity (Wildman–Crippen MR) is 59.2 cm³/mol. The predicted octanol–water partition coefficient (Wildman–Crippen LogP) is 2.89. The van der Waals surface area contributed by atoms with Gasteiger partial charge in [0.1, 0.15) is 10.8 Å². The van der Waals surface area contributed by atoms with Gasteiger partial charge in [-0.25, -0.2) is 4.79 Å². The number of carbonyl (C=O) groups excluding carboxylic acids is 1. The van der Waals surface area contributed by atoms with E-state index in [0.29, 0.717) is 5.56 Å². The van der Waals surface area contributed by atoms with Crippen molar-refractivity contribution in [1.82, 2.24) is 0 Å². The standard InChI is InChI=1S/C10H8Cl2O3/c1-15-8(14)5-3-6-2-4-7(13)10(12)9(6)11/h2-5,13H,1H3/b5-3+. The van der Waals surface area contributed by atoms with E-state index in [9.17, 15) is 9.90 Å². The van der Waals surface area contributed by atoms with Crippen LogP contribution in [-0.4, -0.2) is 18.2 Å². The number of rotatable bonds is 2. The maximum atomic E-state index is 10.8. The largest absolute Gasteiger partial charge is 0.506 e. The molecule has 1 aromatic carbocycles. The van der Waals surface area contributed by atoms with Crippen molar-refractivity contribution in [2.45, 2.75) is 0 Å². The van der Waals surface area contributed by atoms with Gasteiger partial charge in [0, 0.05) is 6.08 Å². The summed E-state index contributed by atoms with van der Waals surface area (Å²) in [5.41, 5.74) is 0.532. The van der Waals surface area contributed by atoms with E-state index in [1.165, 1.54) is 25.3 Å². The number of esters is 1. The van der Waals surface area contributed by atoms with Crippen molar-refractivity contribution in [2.24, 2.45) is 0 Å². The number of aromatic hydroxyl groups is 1. The van der Waals surface area contributed by atoms with Crippen molar-refractivity contribution >= 4 is 35.2 Å². The molecule has 0 bridgehead atoms. The van der Waals surface area contributed by atoms with Crippen LogP contribution in [0.3, 0.4) is 0 Å². The quantitative estimate of drug-likeness (QED) is 0.645. The summed E-state index contributed by atoms with van der Waals surface area (Å²) in [5, 5.41) is 9.47. The molecule has 0 spiro atoms. The lowest BCUT2D eigenvalue weighted by Crippen LogP contribution is -1.93. The highest BCUT2D eigenvalue weighted by Crippen LogP contribution is 2.34. The molecule has 1 aromatic rings. The fourth-order valence-electron chi connectivity index (χ4n) is 0.909. The molecule has 0 aromatic heterocycles. The molecule has 0 atom stereocenters. The van der Waals surface area contributed by atoms with Crippen molar-refractivity contribution in [3.63, 3.8) is 0 Å². The van der Waals surface area contributed by atoms with Crippen LogP contribution in [0.15, 0.2) is 18.2 Å². The molecule has 0 saturated heterocycles. The third-order valence-corrected chi connectivity index (χ3v) is 2.58. The van der Waals surface area contributed by atoms with Gasteiger partial charge in [-0.3, -0.25) is 0 Å². The smallest absolute Gasteiger partial charge is 0.330 e. The summed E-state index contributed by atoms with van der Waals surface area (Å²) in [5.74, 6) is -0.591. The monoisotopic (exact) mass is 246 g/mol. The second-order valence-electron chi connectivity index (χ2n) is 2.66. The zero-order chi connectivity index (χ0) is 11.4. The average Bonchev–Trinajstić information content (AvgIpc) is 2.24. The summed E-state index contributed by atoms with van der Waals surface area (Å²) in [6.07, 6.45) is 2.67. The summed E-state index contributed by atoms with van der Waals surface area (Å²) in [6.45, 7) is 0. The number of benzene rings is 1. The third-order valence-electron chi connectivity index (χ3n) is 1.69. The molecule has 1 rings (SSSR count). The Kier molecular flexibility index (Phi) is 4.00. The SMILES string of the molecule is COC(=O)/C=C/c1ccc(O)c(Cl)c1Cl. The fraction of sp³-hybridized carbons (Fsp3) is 0.100. The van der Waals surface area contributed by atoms with Gasteiger partial charge in [0.25, 0.3) is 0 Å². The van der Waals surface area contributed by atoms with Gasteiger partial charge < -0.3 is 9.84 Å². The molecule has 15 heavy (non-hydrogen) atoms. The van der Waals surface area contributed by atoms with Crippen molar-refractivity contribution < 1.29 is 14.6 Å². The normalized spacial score (nSPS) is 10.6. The first-order valence-corrected chi connectivity index (χ1v) is 4.75. The van der Waals surface area contributed by atoms with E-state index in [1.807, 2.05) is 0 Å². The number of ether oxygens (including phenoxy) is 1. The Balaban J connectivity index is 3.02. The van der Waals surface area contributed by atoms with Gasteiger partial charge >= 0.3 is 5.97 Å². The summed E-state index contributed by atoms with van der Waals surface area (Å²) in [7, 11) is 1.28. The second-order valence-corrected chi connectivity index (χ2v) is 3.41. The highest BCUT2D eigenvalue weighted by Gasteiger charge is 2.07. The lowest BCUT2D eigenvalue weighted by atomic mass is 10.2. The highest BCUT2D eigenvalue weighted by molar-refractivity contribution is 6.43. The average molecular weight is 247 g/mol. The van der Waals surface area contributed by atoms with E-state index >= 15 is 0 Å². The molecule has 0 aliphatic carbocycles. The first kappa shape index (κ1) is 11.9. The summed E-state index contributed by atoms with van der Waals surface area (Å²) in [6, 6.07) is 2.94. The molecule has 1 N–H and O–H groups in total. The van der Waals surface area contributed by atoms with Crippen LogP contribution in [0.5, 0.6) is 5.75 Å². The van der Waals surface area contributed by atoms with E-state index in [1.54, 1.807) is 6.07 Å². The lowest BCUT2D eigenvalue weighted by molar-refractivity contribution is -0.134. The van der Waals surface area contributed by atoms with Crippen LogP contribution in [-0.2, 0) is 9.53 Å². The Morgan fingerprint density at radius 2 is 2.07 bits per heavy atom. The number of phenolic OH excluding ortho intramolecular Hbond substituents is 1. The molecule has 3 nitrogen and oxygen atoms in total. The molecule has 0 heterocycles. The van der Waals surface area contributed by atoms with E-state index in [2.05, 4.69) is 4.74 Å². The van der Waals surface area contributed by atoms with Crippen LogP contribution in [0.1, 0.15) is 5.56 Å². The fourth-order valence-corrected chi connectivity index (χ4v) is 1.30. The minimum absolute atomic E-state index is 0.0590. The minimum atomic E-state index is -0.490. The molecular weight excluding hydrogens is 239 g/mol. The maximum Gasteiger partial charge on any atom is 0.330 e. The molecule has 0 saturated carbocycles. The molecular formula is C10H8Cl2O3. The first-order valence-electron chi connectivity index (χ1n) is 3.99. The first-order chi connectivity index (χ1) is 7.06. The van der Waals surface area contributed by atoms with Gasteiger partial charge in [-0.2, -0.15) is 0 Å². The van der Waals surface area contributed by atoms with Gasteiger partial charge in [0.2, 0.25) is 0 Å². The van der Waals surface area contributed by atoms with Crippen molar-refractivity contribution in [1.29, 1.82) is 0 Å². The van der Waals surface area contributed by atoms with Crippen molar-refractivity contribution in [3.05, 3.63) is 33.8 Å². The van der Waals surface area contributed by atoms with Crippen molar-refractivity contribution in [2.75, 3.05) is 7.11 Å². The third kappa shape index (κ3) is 2.88.